The van der Waals surface area contributed by atoms with Crippen LogP contribution in [0, 0.1) is 11.8 Å². The van der Waals surface area contributed by atoms with Gasteiger partial charge in [0.2, 0.25) is 0 Å². The monoisotopic (exact) mass is 391 g/mol. The average molecular weight is 391 g/mol. The van der Waals surface area contributed by atoms with Gasteiger partial charge in [0.05, 0.1) is 19.8 Å². The van der Waals surface area contributed by atoms with Gasteiger partial charge >= 0.3 is 5.97 Å². The Kier molecular flexibility index (Phi) is 6.58. The quantitative estimate of drug-likeness (QED) is 0.616. The van der Waals surface area contributed by atoms with Crippen LogP contribution in [0.3, 0.4) is 0 Å². The Morgan fingerprint density at radius 2 is 1.86 bits per heavy atom. The molecule has 5 heteroatoms. The van der Waals surface area contributed by atoms with Crippen molar-refractivity contribution < 1.29 is 19.4 Å². The molecule has 0 bridgehead atoms. The van der Waals surface area contributed by atoms with Crippen molar-refractivity contribution in [2.45, 2.75) is 39.0 Å². The second-order valence-corrected chi connectivity index (χ2v) is 7.05. The van der Waals surface area contributed by atoms with E-state index in [9.17, 15) is 9.90 Å². The van der Waals surface area contributed by atoms with Gasteiger partial charge < -0.3 is 19.1 Å². The summed E-state index contributed by atoms with van der Waals surface area (Å²) in [4.78, 5) is 11.6. The van der Waals surface area contributed by atoms with Crippen molar-refractivity contribution in [3.05, 3.63) is 65.9 Å². The summed E-state index contributed by atoms with van der Waals surface area (Å²) in [5.74, 6) is 6.20. The summed E-state index contributed by atoms with van der Waals surface area (Å²) in [5.41, 5.74) is 2.89. The standard InChI is InChI=1S/C24H25NO4/c1-17(2)29-23(24(26)27)15-19-16-25(22-9-5-4-8-21(19)22)14-6-7-18-10-12-20(28-3)13-11-18/h4-5,8-13,16-17,23H,14-15H2,1-3H3,(H,26,27). The van der Waals surface area contributed by atoms with Crippen LogP contribution in [0.1, 0.15) is 25.0 Å². The molecule has 0 aliphatic heterocycles. The number of benzene rings is 2. The number of rotatable bonds is 7. The second kappa shape index (κ2) is 9.31. The van der Waals surface area contributed by atoms with E-state index in [2.05, 4.69) is 16.4 Å². The molecule has 0 radical (unpaired) electrons. The Hall–Kier alpha value is -3.23. The van der Waals surface area contributed by atoms with Gasteiger partial charge in [0.1, 0.15) is 5.75 Å². The van der Waals surface area contributed by atoms with Crippen molar-refractivity contribution >= 4 is 16.9 Å². The number of carboxylic acids is 1. The summed E-state index contributed by atoms with van der Waals surface area (Å²) < 4.78 is 12.8. The average Bonchev–Trinajstić information content (AvgIpc) is 3.05. The molecule has 3 aromatic rings. The third-order valence-electron chi connectivity index (χ3n) is 4.56. The van der Waals surface area contributed by atoms with Gasteiger partial charge in [0.25, 0.3) is 0 Å². The number of carbonyl (C=O) groups is 1. The zero-order valence-electron chi connectivity index (χ0n) is 16.9. The minimum atomic E-state index is -0.949. The van der Waals surface area contributed by atoms with E-state index in [1.54, 1.807) is 7.11 Å². The maximum absolute atomic E-state index is 11.6. The highest BCUT2D eigenvalue weighted by molar-refractivity contribution is 5.85. The molecule has 1 atom stereocenters. The van der Waals surface area contributed by atoms with Crippen molar-refractivity contribution in [2.75, 3.05) is 7.11 Å². The van der Waals surface area contributed by atoms with Gasteiger partial charge in [-0.2, -0.15) is 0 Å². The number of para-hydroxylation sites is 1. The Morgan fingerprint density at radius 3 is 2.52 bits per heavy atom. The summed E-state index contributed by atoms with van der Waals surface area (Å²) in [6.07, 6.45) is 1.26. The molecule has 1 heterocycles. The van der Waals surface area contributed by atoms with E-state index in [1.165, 1.54) is 0 Å². The van der Waals surface area contributed by atoms with Crippen LogP contribution in [0.2, 0.25) is 0 Å². The topological polar surface area (TPSA) is 60.7 Å². The summed E-state index contributed by atoms with van der Waals surface area (Å²) in [5, 5.41) is 10.5. The van der Waals surface area contributed by atoms with E-state index >= 15 is 0 Å². The van der Waals surface area contributed by atoms with Gasteiger partial charge in [0.15, 0.2) is 6.10 Å². The van der Waals surface area contributed by atoms with E-state index in [0.29, 0.717) is 13.0 Å². The highest BCUT2D eigenvalue weighted by atomic mass is 16.5. The first-order valence-corrected chi connectivity index (χ1v) is 9.56. The Balaban J connectivity index is 1.84. The first-order valence-electron chi connectivity index (χ1n) is 9.56. The van der Waals surface area contributed by atoms with E-state index in [0.717, 1.165) is 27.8 Å². The molecule has 1 aromatic heterocycles. The highest BCUT2D eigenvalue weighted by Crippen LogP contribution is 2.23. The van der Waals surface area contributed by atoms with Gasteiger partial charge in [0, 0.05) is 29.1 Å². The molecule has 1 unspecified atom stereocenters. The molecule has 0 fully saturated rings. The lowest BCUT2D eigenvalue weighted by molar-refractivity contribution is -0.153. The molecule has 0 saturated carbocycles. The Bertz CT molecular complexity index is 1040. The molecule has 2 aromatic carbocycles. The Morgan fingerprint density at radius 1 is 1.14 bits per heavy atom. The molecule has 0 saturated heterocycles. The van der Waals surface area contributed by atoms with Crippen LogP contribution in [0.4, 0.5) is 0 Å². The van der Waals surface area contributed by atoms with Gasteiger partial charge in [-0.05, 0) is 49.7 Å². The van der Waals surface area contributed by atoms with E-state index in [-0.39, 0.29) is 6.10 Å². The van der Waals surface area contributed by atoms with Gasteiger partial charge in [-0.1, -0.05) is 30.0 Å². The summed E-state index contributed by atoms with van der Waals surface area (Å²) in [6, 6.07) is 15.6. The number of aliphatic carboxylic acids is 1. The zero-order valence-corrected chi connectivity index (χ0v) is 16.9. The van der Waals surface area contributed by atoms with E-state index in [1.807, 2.05) is 68.6 Å². The maximum atomic E-state index is 11.6. The summed E-state index contributed by atoms with van der Waals surface area (Å²) in [7, 11) is 1.64. The number of ether oxygens (including phenoxy) is 2. The normalized spacial score (nSPS) is 11.9. The lowest BCUT2D eigenvalue weighted by atomic mass is 10.1. The summed E-state index contributed by atoms with van der Waals surface area (Å²) in [6.45, 7) is 4.19. The van der Waals surface area contributed by atoms with Gasteiger partial charge in [-0.25, -0.2) is 4.79 Å². The summed E-state index contributed by atoms with van der Waals surface area (Å²) >= 11 is 0. The van der Waals surface area contributed by atoms with E-state index in [4.69, 9.17) is 9.47 Å². The largest absolute Gasteiger partial charge is 0.497 e. The molecular weight excluding hydrogens is 366 g/mol. The smallest absolute Gasteiger partial charge is 0.333 e. The minimum absolute atomic E-state index is 0.153. The number of hydrogen-bond donors (Lipinski definition) is 1. The fourth-order valence-corrected chi connectivity index (χ4v) is 3.24. The number of methoxy groups -OCH3 is 1. The molecule has 0 spiro atoms. The van der Waals surface area contributed by atoms with Crippen LogP contribution in [-0.4, -0.2) is 35.0 Å². The molecular formula is C24H25NO4. The molecule has 0 aliphatic rings. The van der Waals surface area contributed by atoms with E-state index < -0.39 is 12.1 Å². The molecule has 0 amide bonds. The molecule has 5 nitrogen and oxygen atoms in total. The third kappa shape index (κ3) is 5.18. The van der Waals surface area contributed by atoms with Crippen LogP contribution >= 0.6 is 0 Å². The lowest BCUT2D eigenvalue weighted by Gasteiger charge is -2.16. The maximum Gasteiger partial charge on any atom is 0.333 e. The first kappa shape index (κ1) is 20.5. The fourth-order valence-electron chi connectivity index (χ4n) is 3.24. The predicted molar refractivity (Wildman–Crippen MR) is 113 cm³/mol. The van der Waals surface area contributed by atoms with Crippen LogP contribution in [0.5, 0.6) is 5.75 Å². The first-order chi connectivity index (χ1) is 14.0. The second-order valence-electron chi connectivity index (χ2n) is 7.05. The lowest BCUT2D eigenvalue weighted by Crippen LogP contribution is -2.29. The number of hydrogen-bond acceptors (Lipinski definition) is 3. The molecule has 150 valence electrons. The van der Waals surface area contributed by atoms with Crippen molar-refractivity contribution in [3.63, 3.8) is 0 Å². The van der Waals surface area contributed by atoms with Crippen molar-refractivity contribution in [2.24, 2.45) is 0 Å². The number of fused-ring (bicyclic) bond motifs is 1. The van der Waals surface area contributed by atoms with Crippen molar-refractivity contribution in [1.82, 2.24) is 4.57 Å². The minimum Gasteiger partial charge on any atom is -0.497 e. The third-order valence-corrected chi connectivity index (χ3v) is 4.56. The molecule has 29 heavy (non-hydrogen) atoms. The molecule has 3 rings (SSSR count). The number of carboxylic acid groups (broad SMARTS) is 1. The van der Waals surface area contributed by atoms with Crippen LogP contribution in [0.25, 0.3) is 10.9 Å². The number of aromatic nitrogens is 1. The van der Waals surface area contributed by atoms with Crippen molar-refractivity contribution in [3.8, 4) is 17.6 Å². The molecule has 1 N–H and O–H groups in total. The van der Waals surface area contributed by atoms with Crippen LogP contribution < -0.4 is 4.74 Å². The fraction of sp³-hybridized carbons (Fsp3) is 0.292. The highest BCUT2D eigenvalue weighted by Gasteiger charge is 2.22. The van der Waals surface area contributed by atoms with Gasteiger partial charge in [-0.15, -0.1) is 0 Å². The van der Waals surface area contributed by atoms with Crippen molar-refractivity contribution in [1.29, 1.82) is 0 Å². The van der Waals surface area contributed by atoms with Crippen LogP contribution in [-0.2, 0) is 22.5 Å². The molecule has 0 aliphatic carbocycles. The Labute approximate surface area is 170 Å². The SMILES string of the molecule is COc1ccc(C#CCn2cc(CC(OC(C)C)C(=O)O)c3ccccc32)cc1. The predicted octanol–water partition coefficient (Wildman–Crippen LogP) is 4.12. The zero-order chi connectivity index (χ0) is 20.8. The number of nitrogens with zero attached hydrogens (tertiary/aromatic N) is 1. The van der Waals surface area contributed by atoms with Gasteiger partial charge in [-0.3, -0.25) is 0 Å². The van der Waals surface area contributed by atoms with Crippen LogP contribution in [0.15, 0.2) is 54.7 Å².